The van der Waals surface area contributed by atoms with Gasteiger partial charge in [-0.25, -0.2) is 18.1 Å². The SMILES string of the molecule is CC1(C)C(=O)N(c2ccc(S(=O)(=O)C(F)(F)F)cc2)C(=O)N1Cc1ccncc1Br. The Morgan fingerprint density at radius 3 is 2.23 bits per heavy atom. The van der Waals surface area contributed by atoms with Gasteiger partial charge in [-0.05, 0) is 65.7 Å². The van der Waals surface area contributed by atoms with Crippen LogP contribution in [0.5, 0.6) is 0 Å². The molecule has 2 heterocycles. The fraction of sp³-hybridized carbons (Fsp3) is 0.278. The predicted octanol–water partition coefficient (Wildman–Crippen LogP) is 3.89. The molecule has 0 unspecified atom stereocenters. The van der Waals surface area contributed by atoms with Crippen LogP contribution in [0, 0.1) is 0 Å². The Labute approximate surface area is 178 Å². The van der Waals surface area contributed by atoms with Crippen molar-refractivity contribution in [3.8, 4) is 0 Å². The lowest BCUT2D eigenvalue weighted by molar-refractivity contribution is -0.123. The summed E-state index contributed by atoms with van der Waals surface area (Å²) >= 11 is 3.33. The van der Waals surface area contributed by atoms with E-state index in [9.17, 15) is 31.2 Å². The Morgan fingerprint density at radius 1 is 1.10 bits per heavy atom. The van der Waals surface area contributed by atoms with E-state index in [4.69, 9.17) is 0 Å². The molecule has 7 nitrogen and oxygen atoms in total. The second-order valence-corrected chi connectivity index (χ2v) is 9.77. The smallest absolute Gasteiger partial charge is 0.305 e. The molecule has 0 spiro atoms. The van der Waals surface area contributed by atoms with Gasteiger partial charge >= 0.3 is 11.5 Å². The molecule has 0 saturated carbocycles. The number of imide groups is 1. The molecule has 1 fully saturated rings. The van der Waals surface area contributed by atoms with Gasteiger partial charge in [0.1, 0.15) is 5.54 Å². The molecular formula is C18H15BrF3N3O4S. The van der Waals surface area contributed by atoms with Crippen LogP contribution >= 0.6 is 15.9 Å². The summed E-state index contributed by atoms with van der Waals surface area (Å²) in [7, 11) is -5.53. The number of hydrogen-bond acceptors (Lipinski definition) is 5. The zero-order valence-corrected chi connectivity index (χ0v) is 18.0. The first-order valence-electron chi connectivity index (χ1n) is 8.44. The van der Waals surface area contributed by atoms with Crippen LogP contribution in [0.4, 0.5) is 23.7 Å². The van der Waals surface area contributed by atoms with E-state index >= 15 is 0 Å². The number of carbonyl (C=O) groups excluding carboxylic acids is 2. The third-order valence-corrected chi connectivity index (χ3v) is 6.93. The molecule has 12 heteroatoms. The van der Waals surface area contributed by atoms with Gasteiger partial charge in [0.25, 0.3) is 15.7 Å². The molecule has 160 valence electrons. The van der Waals surface area contributed by atoms with Gasteiger partial charge in [0.05, 0.1) is 10.6 Å². The van der Waals surface area contributed by atoms with Crippen molar-refractivity contribution in [2.24, 2.45) is 0 Å². The lowest BCUT2D eigenvalue weighted by Crippen LogP contribution is -2.43. The van der Waals surface area contributed by atoms with Crippen LogP contribution < -0.4 is 4.90 Å². The monoisotopic (exact) mass is 505 g/mol. The largest absolute Gasteiger partial charge is 0.501 e. The van der Waals surface area contributed by atoms with E-state index in [0.29, 0.717) is 22.2 Å². The number of pyridine rings is 1. The quantitative estimate of drug-likeness (QED) is 0.588. The second-order valence-electron chi connectivity index (χ2n) is 6.98. The van der Waals surface area contributed by atoms with E-state index in [1.807, 2.05) is 0 Å². The Kier molecular flexibility index (Phi) is 5.44. The number of hydrogen-bond donors (Lipinski definition) is 0. The van der Waals surface area contributed by atoms with Gasteiger partial charge in [-0.1, -0.05) is 0 Å². The lowest BCUT2D eigenvalue weighted by atomic mass is 10.0. The summed E-state index contributed by atoms with van der Waals surface area (Å²) in [5, 5.41) is 0. The number of rotatable bonds is 4. The summed E-state index contributed by atoms with van der Waals surface area (Å²) in [5.41, 5.74) is -6.02. The van der Waals surface area contributed by atoms with E-state index in [1.54, 1.807) is 26.1 Å². The number of benzene rings is 1. The molecule has 1 aromatic heterocycles. The average Bonchev–Trinajstić information content (AvgIpc) is 2.82. The number of urea groups is 1. The highest BCUT2D eigenvalue weighted by molar-refractivity contribution is 9.10. The average molecular weight is 506 g/mol. The topological polar surface area (TPSA) is 87.7 Å². The van der Waals surface area contributed by atoms with Crippen molar-refractivity contribution < 1.29 is 31.2 Å². The van der Waals surface area contributed by atoms with Crippen molar-refractivity contribution in [1.82, 2.24) is 9.88 Å². The van der Waals surface area contributed by atoms with Crippen molar-refractivity contribution in [2.45, 2.75) is 36.3 Å². The third kappa shape index (κ3) is 3.58. The number of alkyl halides is 3. The van der Waals surface area contributed by atoms with Gasteiger partial charge in [-0.2, -0.15) is 13.2 Å². The van der Waals surface area contributed by atoms with Gasteiger partial charge in [0.15, 0.2) is 0 Å². The molecule has 3 rings (SSSR count). The highest BCUT2D eigenvalue weighted by Gasteiger charge is 2.52. The van der Waals surface area contributed by atoms with Gasteiger partial charge < -0.3 is 4.90 Å². The number of amides is 3. The van der Waals surface area contributed by atoms with Crippen molar-refractivity contribution in [1.29, 1.82) is 0 Å². The Morgan fingerprint density at radius 2 is 1.70 bits per heavy atom. The maximum absolute atomic E-state index is 13.0. The summed E-state index contributed by atoms with van der Waals surface area (Å²) in [6.07, 6.45) is 3.08. The van der Waals surface area contributed by atoms with Crippen molar-refractivity contribution >= 4 is 43.4 Å². The van der Waals surface area contributed by atoms with E-state index in [-0.39, 0.29) is 12.2 Å². The molecule has 1 aliphatic heterocycles. The number of aromatic nitrogens is 1. The number of anilines is 1. The summed E-state index contributed by atoms with van der Waals surface area (Å²) in [6.45, 7) is 3.17. The van der Waals surface area contributed by atoms with Crippen LogP contribution in [0.3, 0.4) is 0 Å². The summed E-state index contributed by atoms with van der Waals surface area (Å²) in [6, 6.07) is 4.42. The third-order valence-electron chi connectivity index (χ3n) is 4.72. The number of halogens is 4. The molecule has 0 aliphatic carbocycles. The zero-order valence-electron chi connectivity index (χ0n) is 15.6. The Bertz CT molecular complexity index is 1120. The van der Waals surface area contributed by atoms with Crippen molar-refractivity contribution in [3.63, 3.8) is 0 Å². The standard InChI is InChI=1S/C18H15BrF3N3O4S/c1-17(2)15(26)25(16(27)24(17)10-11-7-8-23-9-14(11)19)12-3-5-13(6-4-12)30(28,29)18(20,21)22/h3-9H,10H2,1-2H3. The van der Waals surface area contributed by atoms with Gasteiger partial charge in [0.2, 0.25) is 0 Å². The predicted molar refractivity (Wildman–Crippen MR) is 104 cm³/mol. The van der Waals surface area contributed by atoms with Crippen molar-refractivity contribution in [3.05, 3.63) is 52.8 Å². The highest BCUT2D eigenvalue weighted by Crippen LogP contribution is 2.36. The van der Waals surface area contributed by atoms with Crippen molar-refractivity contribution in [2.75, 3.05) is 4.90 Å². The molecule has 1 aromatic carbocycles. The molecule has 1 aliphatic rings. The number of sulfone groups is 1. The molecule has 1 saturated heterocycles. The van der Waals surface area contributed by atoms with Crippen LogP contribution in [-0.2, 0) is 21.2 Å². The minimum absolute atomic E-state index is 0.0320. The highest BCUT2D eigenvalue weighted by atomic mass is 79.9. The van der Waals surface area contributed by atoms with Gasteiger partial charge in [0, 0.05) is 23.4 Å². The van der Waals surface area contributed by atoms with Crippen LogP contribution in [0.15, 0.2) is 52.1 Å². The summed E-state index contributed by atoms with van der Waals surface area (Å²) in [5.74, 6) is -0.593. The summed E-state index contributed by atoms with van der Waals surface area (Å²) < 4.78 is 61.8. The van der Waals surface area contributed by atoms with Gasteiger partial charge in [-0.3, -0.25) is 9.78 Å². The molecule has 30 heavy (non-hydrogen) atoms. The molecule has 3 amide bonds. The van der Waals surface area contributed by atoms with Crippen LogP contribution in [0.1, 0.15) is 19.4 Å². The lowest BCUT2D eigenvalue weighted by Gasteiger charge is -2.28. The summed E-state index contributed by atoms with van der Waals surface area (Å²) in [4.78, 5) is 31.0. The number of nitrogens with zero attached hydrogens (tertiary/aromatic N) is 3. The molecule has 0 atom stereocenters. The normalized spacial score (nSPS) is 17.0. The van der Waals surface area contributed by atoms with E-state index < -0.39 is 37.7 Å². The van der Waals surface area contributed by atoms with Crippen LogP contribution in [0.2, 0.25) is 0 Å². The van der Waals surface area contributed by atoms with E-state index in [2.05, 4.69) is 20.9 Å². The maximum atomic E-state index is 13.0. The fourth-order valence-corrected chi connectivity index (χ4v) is 4.08. The minimum Gasteiger partial charge on any atom is -0.305 e. The Balaban J connectivity index is 1.95. The van der Waals surface area contributed by atoms with E-state index in [0.717, 1.165) is 17.0 Å². The molecule has 0 bridgehead atoms. The van der Waals surface area contributed by atoms with Crippen LogP contribution in [-0.4, -0.2) is 41.3 Å². The molecule has 2 aromatic rings. The van der Waals surface area contributed by atoms with Crippen LogP contribution in [0.25, 0.3) is 0 Å². The Hall–Kier alpha value is -2.47. The molecule has 0 N–H and O–H groups in total. The fourth-order valence-electron chi connectivity index (χ4n) is 2.94. The molecular weight excluding hydrogens is 491 g/mol. The first-order chi connectivity index (χ1) is 13.8. The second kappa shape index (κ2) is 7.34. The first kappa shape index (κ1) is 22.2. The minimum atomic E-state index is -5.53. The first-order valence-corrected chi connectivity index (χ1v) is 10.7. The molecule has 0 radical (unpaired) electrons. The maximum Gasteiger partial charge on any atom is 0.501 e. The van der Waals surface area contributed by atoms with E-state index in [1.165, 1.54) is 11.1 Å². The zero-order chi connectivity index (χ0) is 22.5. The van der Waals surface area contributed by atoms with Gasteiger partial charge in [-0.15, -0.1) is 0 Å². The number of carbonyl (C=O) groups is 2.